The van der Waals surface area contributed by atoms with Gasteiger partial charge in [-0.1, -0.05) is 19.9 Å². The Labute approximate surface area is 138 Å². The van der Waals surface area contributed by atoms with E-state index in [1.807, 2.05) is 6.07 Å². The van der Waals surface area contributed by atoms with E-state index >= 15 is 0 Å². The molecule has 0 radical (unpaired) electrons. The van der Waals surface area contributed by atoms with Crippen LogP contribution in [0.15, 0.2) is 28.1 Å². The lowest BCUT2D eigenvalue weighted by molar-refractivity contribution is 0.300. The summed E-state index contributed by atoms with van der Waals surface area (Å²) < 4.78 is 6.83. The van der Waals surface area contributed by atoms with Crippen LogP contribution in [-0.4, -0.2) is 11.5 Å². The maximum atomic E-state index is 5.84. The van der Waals surface area contributed by atoms with E-state index in [2.05, 4.69) is 57.6 Å². The van der Waals surface area contributed by atoms with Crippen LogP contribution >= 0.6 is 27.3 Å². The standard InChI is InChI=1S/C16H21BrN2OS/c1-3-7-18-9-12-5-6-15(14(17)8-12)20-10-13-11-21-16(4-2)19-13/h5-6,8,11,18H,3-4,7,9-10H2,1-2H3. The zero-order chi connectivity index (χ0) is 15.1. The second-order valence-corrected chi connectivity index (χ2v) is 6.61. The number of nitrogens with zero attached hydrogens (tertiary/aromatic N) is 1. The largest absolute Gasteiger partial charge is 0.486 e. The molecule has 2 rings (SSSR count). The summed E-state index contributed by atoms with van der Waals surface area (Å²) >= 11 is 5.27. The summed E-state index contributed by atoms with van der Waals surface area (Å²) in [6, 6.07) is 6.22. The summed E-state index contributed by atoms with van der Waals surface area (Å²) in [7, 11) is 0. The Morgan fingerprint density at radius 2 is 2.19 bits per heavy atom. The molecule has 1 N–H and O–H groups in total. The predicted molar refractivity (Wildman–Crippen MR) is 92.0 cm³/mol. The van der Waals surface area contributed by atoms with Gasteiger partial charge in [0.2, 0.25) is 0 Å². The number of benzene rings is 1. The molecule has 0 aliphatic carbocycles. The number of nitrogens with one attached hydrogen (secondary N) is 1. The first-order chi connectivity index (χ1) is 10.2. The summed E-state index contributed by atoms with van der Waals surface area (Å²) in [5.74, 6) is 0.861. The van der Waals surface area contributed by atoms with Crippen LogP contribution in [0, 0.1) is 0 Å². The average Bonchev–Trinajstić information content (AvgIpc) is 2.95. The van der Waals surface area contributed by atoms with Gasteiger partial charge in [0, 0.05) is 11.9 Å². The number of aromatic nitrogens is 1. The van der Waals surface area contributed by atoms with Gasteiger partial charge in [-0.2, -0.15) is 0 Å². The van der Waals surface area contributed by atoms with E-state index in [-0.39, 0.29) is 0 Å². The van der Waals surface area contributed by atoms with Gasteiger partial charge in [-0.25, -0.2) is 4.98 Å². The molecule has 21 heavy (non-hydrogen) atoms. The lowest BCUT2D eigenvalue weighted by Crippen LogP contribution is -2.13. The molecule has 1 aromatic carbocycles. The second kappa shape index (κ2) is 8.51. The number of hydrogen-bond donors (Lipinski definition) is 1. The molecule has 0 atom stereocenters. The van der Waals surface area contributed by atoms with Gasteiger partial charge in [-0.3, -0.25) is 0 Å². The van der Waals surface area contributed by atoms with Gasteiger partial charge in [0.15, 0.2) is 0 Å². The molecule has 0 aliphatic rings. The molecule has 1 heterocycles. The van der Waals surface area contributed by atoms with Crippen LogP contribution in [0.2, 0.25) is 0 Å². The number of hydrogen-bond acceptors (Lipinski definition) is 4. The lowest BCUT2D eigenvalue weighted by Gasteiger charge is -2.09. The summed E-state index contributed by atoms with van der Waals surface area (Å²) in [5, 5.41) is 6.62. The van der Waals surface area contributed by atoms with Gasteiger partial charge in [0.05, 0.1) is 15.2 Å². The van der Waals surface area contributed by atoms with Gasteiger partial charge >= 0.3 is 0 Å². The van der Waals surface area contributed by atoms with Gasteiger partial charge < -0.3 is 10.1 Å². The fourth-order valence-electron chi connectivity index (χ4n) is 1.91. The zero-order valence-corrected chi connectivity index (χ0v) is 14.9. The van der Waals surface area contributed by atoms with Gasteiger partial charge in [-0.05, 0) is 53.0 Å². The molecule has 0 unspecified atom stereocenters. The number of thiazole rings is 1. The van der Waals surface area contributed by atoms with Crippen LogP contribution in [0.3, 0.4) is 0 Å². The average molecular weight is 369 g/mol. The highest BCUT2D eigenvalue weighted by molar-refractivity contribution is 9.10. The minimum Gasteiger partial charge on any atom is -0.486 e. The first-order valence-corrected chi connectivity index (χ1v) is 8.95. The summed E-state index contributed by atoms with van der Waals surface area (Å²) in [4.78, 5) is 4.51. The minimum absolute atomic E-state index is 0.516. The van der Waals surface area contributed by atoms with Gasteiger partial charge in [-0.15, -0.1) is 11.3 Å². The Kier molecular flexibility index (Phi) is 6.67. The highest BCUT2D eigenvalue weighted by Gasteiger charge is 2.05. The smallest absolute Gasteiger partial charge is 0.134 e. The van der Waals surface area contributed by atoms with Crippen molar-refractivity contribution in [3.8, 4) is 5.75 Å². The van der Waals surface area contributed by atoms with Gasteiger partial charge in [0.25, 0.3) is 0 Å². The third-order valence-corrected chi connectivity index (χ3v) is 4.69. The van der Waals surface area contributed by atoms with E-state index in [1.54, 1.807) is 11.3 Å². The normalized spacial score (nSPS) is 10.8. The Balaban J connectivity index is 1.91. The molecule has 0 fully saturated rings. The molecule has 3 nitrogen and oxygen atoms in total. The van der Waals surface area contributed by atoms with Gasteiger partial charge in [0.1, 0.15) is 12.4 Å². The first kappa shape index (κ1) is 16.5. The molecule has 0 spiro atoms. The Hall–Kier alpha value is -0.910. The topological polar surface area (TPSA) is 34.1 Å². The molecule has 1 aromatic heterocycles. The monoisotopic (exact) mass is 368 g/mol. The van der Waals surface area contributed by atoms with E-state index in [0.29, 0.717) is 6.61 Å². The molecule has 0 saturated heterocycles. The number of ether oxygens (including phenoxy) is 1. The Morgan fingerprint density at radius 3 is 2.86 bits per heavy atom. The zero-order valence-electron chi connectivity index (χ0n) is 12.5. The molecular weight excluding hydrogens is 348 g/mol. The fraction of sp³-hybridized carbons (Fsp3) is 0.438. The van der Waals surface area contributed by atoms with Crippen LogP contribution < -0.4 is 10.1 Å². The molecule has 0 aliphatic heterocycles. The molecule has 0 saturated carbocycles. The number of aryl methyl sites for hydroxylation is 1. The van der Waals surface area contributed by atoms with Crippen LogP contribution in [0.1, 0.15) is 36.5 Å². The van der Waals surface area contributed by atoms with Crippen LogP contribution in [-0.2, 0) is 19.6 Å². The summed E-state index contributed by atoms with van der Waals surface area (Å²) in [5.41, 5.74) is 2.25. The predicted octanol–water partition coefficient (Wildman–Crippen LogP) is 4.55. The van der Waals surface area contributed by atoms with Crippen molar-refractivity contribution in [1.29, 1.82) is 0 Å². The Morgan fingerprint density at radius 1 is 1.33 bits per heavy atom. The van der Waals surface area contributed by atoms with E-state index in [9.17, 15) is 0 Å². The van der Waals surface area contributed by atoms with Crippen LogP contribution in [0.5, 0.6) is 5.75 Å². The van der Waals surface area contributed by atoms with E-state index < -0.39 is 0 Å². The van der Waals surface area contributed by atoms with Crippen molar-refractivity contribution in [3.05, 3.63) is 44.3 Å². The Bertz CT molecular complexity index is 571. The number of halogens is 1. The molecule has 5 heteroatoms. The van der Waals surface area contributed by atoms with E-state index in [4.69, 9.17) is 4.74 Å². The van der Waals surface area contributed by atoms with E-state index in [1.165, 1.54) is 5.56 Å². The van der Waals surface area contributed by atoms with Crippen molar-refractivity contribution in [3.63, 3.8) is 0 Å². The summed E-state index contributed by atoms with van der Waals surface area (Å²) in [6.45, 7) is 6.73. The third-order valence-electron chi connectivity index (χ3n) is 3.03. The highest BCUT2D eigenvalue weighted by Crippen LogP contribution is 2.27. The maximum absolute atomic E-state index is 5.84. The lowest BCUT2D eigenvalue weighted by atomic mass is 10.2. The first-order valence-electron chi connectivity index (χ1n) is 7.28. The van der Waals surface area contributed by atoms with Crippen molar-refractivity contribution >= 4 is 27.3 Å². The SMILES string of the molecule is CCCNCc1ccc(OCc2csc(CC)n2)c(Br)c1. The quantitative estimate of drug-likeness (QED) is 0.694. The van der Waals surface area contributed by atoms with Crippen molar-refractivity contribution in [2.75, 3.05) is 6.54 Å². The molecule has 114 valence electrons. The van der Waals surface area contributed by atoms with Crippen molar-refractivity contribution in [1.82, 2.24) is 10.3 Å². The molecule has 0 bridgehead atoms. The minimum atomic E-state index is 0.516. The van der Waals surface area contributed by atoms with Crippen molar-refractivity contribution < 1.29 is 4.74 Å². The summed E-state index contributed by atoms with van der Waals surface area (Å²) in [6.07, 6.45) is 2.13. The van der Waals surface area contributed by atoms with Crippen LogP contribution in [0.25, 0.3) is 0 Å². The number of rotatable bonds is 8. The highest BCUT2D eigenvalue weighted by atomic mass is 79.9. The maximum Gasteiger partial charge on any atom is 0.134 e. The molecule has 0 amide bonds. The molecule has 2 aromatic rings. The van der Waals surface area contributed by atoms with Crippen LogP contribution in [0.4, 0.5) is 0 Å². The fourth-order valence-corrected chi connectivity index (χ4v) is 3.18. The molecular formula is C16H21BrN2OS. The van der Waals surface area contributed by atoms with Crippen molar-refractivity contribution in [2.45, 2.75) is 39.8 Å². The third kappa shape index (κ3) is 5.09. The second-order valence-electron chi connectivity index (χ2n) is 4.82. The van der Waals surface area contributed by atoms with E-state index in [0.717, 1.165) is 46.9 Å². The van der Waals surface area contributed by atoms with Crippen molar-refractivity contribution in [2.24, 2.45) is 0 Å².